The van der Waals surface area contributed by atoms with Gasteiger partial charge in [0.15, 0.2) is 5.78 Å². The zero-order chi connectivity index (χ0) is 7.56. The van der Waals surface area contributed by atoms with Crippen LogP contribution in [0.15, 0.2) is 12.1 Å². The number of rotatable bonds is 2. The molecule has 0 radical (unpaired) electrons. The van der Waals surface area contributed by atoms with Crippen LogP contribution in [0.25, 0.3) is 0 Å². The summed E-state index contributed by atoms with van der Waals surface area (Å²) in [5.74, 6) is -0.0188. The number of aromatic nitrogens is 1. The predicted molar refractivity (Wildman–Crippen MR) is 40.6 cm³/mol. The first-order chi connectivity index (χ1) is 4.74. The van der Waals surface area contributed by atoms with Crippen molar-refractivity contribution in [3.63, 3.8) is 0 Å². The first-order valence-corrected chi connectivity index (χ1v) is 3.52. The molecule has 1 rings (SSSR count). The number of halogens is 1. The van der Waals surface area contributed by atoms with Gasteiger partial charge in [0.05, 0.1) is 11.6 Å². The average molecular weight is 158 g/mol. The van der Waals surface area contributed by atoms with Gasteiger partial charge in [0.2, 0.25) is 0 Å². The van der Waals surface area contributed by atoms with Gasteiger partial charge < -0.3 is 4.98 Å². The van der Waals surface area contributed by atoms with Gasteiger partial charge in [-0.2, -0.15) is 0 Å². The van der Waals surface area contributed by atoms with Gasteiger partial charge in [-0.25, -0.2) is 0 Å². The van der Waals surface area contributed by atoms with Gasteiger partial charge in [-0.15, -0.1) is 11.6 Å². The fourth-order valence-corrected chi connectivity index (χ4v) is 0.883. The molecule has 2 nitrogen and oxygen atoms in total. The van der Waals surface area contributed by atoms with Crippen molar-refractivity contribution in [3.8, 4) is 0 Å². The molecule has 0 aromatic carbocycles. The van der Waals surface area contributed by atoms with Crippen LogP contribution in [0.5, 0.6) is 0 Å². The molecule has 0 aliphatic rings. The fourth-order valence-electron chi connectivity index (χ4n) is 0.739. The van der Waals surface area contributed by atoms with E-state index in [1.165, 1.54) is 0 Å². The SMILES string of the molecule is Cc1ccc(C(=O)CCl)[nH]1. The molecule has 0 amide bonds. The van der Waals surface area contributed by atoms with Crippen LogP contribution in [0, 0.1) is 6.92 Å². The highest BCUT2D eigenvalue weighted by Gasteiger charge is 2.03. The molecule has 0 spiro atoms. The van der Waals surface area contributed by atoms with E-state index in [0.29, 0.717) is 5.69 Å². The van der Waals surface area contributed by atoms with Crippen LogP contribution in [-0.4, -0.2) is 16.6 Å². The molecule has 10 heavy (non-hydrogen) atoms. The van der Waals surface area contributed by atoms with E-state index >= 15 is 0 Å². The maximum Gasteiger partial charge on any atom is 0.193 e. The second kappa shape index (κ2) is 2.88. The summed E-state index contributed by atoms with van der Waals surface area (Å²) in [4.78, 5) is 13.8. The minimum atomic E-state index is -0.0604. The highest BCUT2D eigenvalue weighted by atomic mass is 35.5. The molecule has 0 aliphatic heterocycles. The summed E-state index contributed by atoms with van der Waals surface area (Å²) >= 11 is 5.33. The lowest BCUT2D eigenvalue weighted by molar-refractivity contribution is 0.101. The second-order valence-corrected chi connectivity index (χ2v) is 2.38. The summed E-state index contributed by atoms with van der Waals surface area (Å²) in [7, 11) is 0. The van der Waals surface area contributed by atoms with E-state index in [0.717, 1.165) is 5.69 Å². The number of aryl methyl sites for hydroxylation is 1. The van der Waals surface area contributed by atoms with Crippen molar-refractivity contribution in [1.29, 1.82) is 0 Å². The summed E-state index contributed by atoms with van der Waals surface area (Å²) in [6.45, 7) is 1.89. The van der Waals surface area contributed by atoms with Crippen LogP contribution in [0.3, 0.4) is 0 Å². The third-order valence-corrected chi connectivity index (χ3v) is 1.50. The standard InChI is InChI=1S/C7H8ClNO/c1-5-2-3-6(9-5)7(10)4-8/h2-3,9H,4H2,1H3. The van der Waals surface area contributed by atoms with Crippen LogP contribution in [0.4, 0.5) is 0 Å². The number of alkyl halides is 1. The van der Waals surface area contributed by atoms with Gasteiger partial charge >= 0.3 is 0 Å². The van der Waals surface area contributed by atoms with Crippen LogP contribution >= 0.6 is 11.6 Å². The molecule has 0 unspecified atom stereocenters. The first-order valence-electron chi connectivity index (χ1n) is 2.99. The van der Waals surface area contributed by atoms with E-state index < -0.39 is 0 Å². The molecule has 1 aromatic rings. The number of Topliss-reactive ketones (excluding diaryl/α,β-unsaturated/α-hetero) is 1. The maximum absolute atomic E-state index is 10.9. The Labute approximate surface area is 64.2 Å². The third-order valence-electron chi connectivity index (χ3n) is 1.25. The Hall–Kier alpha value is -0.760. The van der Waals surface area contributed by atoms with Crippen molar-refractivity contribution >= 4 is 17.4 Å². The Morgan fingerprint density at radius 2 is 2.40 bits per heavy atom. The quantitative estimate of drug-likeness (QED) is 0.515. The number of carbonyl (C=O) groups excluding carboxylic acids is 1. The molecule has 0 atom stereocenters. The maximum atomic E-state index is 10.9. The van der Waals surface area contributed by atoms with Gasteiger partial charge in [0.25, 0.3) is 0 Å². The van der Waals surface area contributed by atoms with Crippen molar-refractivity contribution < 1.29 is 4.79 Å². The van der Waals surface area contributed by atoms with Gasteiger partial charge in [0.1, 0.15) is 0 Å². The van der Waals surface area contributed by atoms with Crippen molar-refractivity contribution in [3.05, 3.63) is 23.5 Å². The van der Waals surface area contributed by atoms with Crippen molar-refractivity contribution in [1.82, 2.24) is 4.98 Å². The molecule has 0 aliphatic carbocycles. The number of nitrogens with one attached hydrogen (secondary N) is 1. The largest absolute Gasteiger partial charge is 0.356 e. The van der Waals surface area contributed by atoms with Crippen LogP contribution in [-0.2, 0) is 0 Å². The fraction of sp³-hybridized carbons (Fsp3) is 0.286. The normalized spacial score (nSPS) is 9.80. The van der Waals surface area contributed by atoms with Crippen LogP contribution in [0.1, 0.15) is 16.2 Å². The van der Waals surface area contributed by atoms with Crippen molar-refractivity contribution in [2.45, 2.75) is 6.92 Å². The number of hydrogen-bond acceptors (Lipinski definition) is 1. The molecule has 0 bridgehead atoms. The molecular weight excluding hydrogens is 150 g/mol. The van der Waals surface area contributed by atoms with E-state index in [-0.39, 0.29) is 11.7 Å². The molecule has 0 fully saturated rings. The summed E-state index contributed by atoms with van der Waals surface area (Å²) in [6, 6.07) is 3.58. The monoisotopic (exact) mass is 157 g/mol. The molecule has 0 saturated heterocycles. The first kappa shape index (κ1) is 7.35. The summed E-state index contributed by atoms with van der Waals surface area (Å²) in [5.41, 5.74) is 1.57. The minimum absolute atomic E-state index is 0.0416. The second-order valence-electron chi connectivity index (χ2n) is 2.11. The highest BCUT2D eigenvalue weighted by molar-refractivity contribution is 6.30. The summed E-state index contributed by atoms with van der Waals surface area (Å²) in [6.07, 6.45) is 0. The molecule has 0 saturated carbocycles. The lowest BCUT2D eigenvalue weighted by atomic mass is 10.3. The zero-order valence-corrected chi connectivity index (χ0v) is 6.40. The Kier molecular flexibility index (Phi) is 2.12. The van der Waals surface area contributed by atoms with E-state index in [1.54, 1.807) is 6.07 Å². The topological polar surface area (TPSA) is 32.9 Å². The van der Waals surface area contributed by atoms with E-state index in [4.69, 9.17) is 11.6 Å². The Balaban J connectivity index is 2.85. The average Bonchev–Trinajstić information content (AvgIpc) is 2.34. The number of ketones is 1. The van der Waals surface area contributed by atoms with Gasteiger partial charge in [-0.1, -0.05) is 0 Å². The van der Waals surface area contributed by atoms with Crippen molar-refractivity contribution in [2.75, 3.05) is 5.88 Å². The Morgan fingerprint density at radius 3 is 2.80 bits per heavy atom. The minimum Gasteiger partial charge on any atom is -0.356 e. The smallest absolute Gasteiger partial charge is 0.193 e. The number of aromatic amines is 1. The summed E-state index contributed by atoms with van der Waals surface area (Å²) < 4.78 is 0. The Morgan fingerprint density at radius 1 is 1.70 bits per heavy atom. The zero-order valence-electron chi connectivity index (χ0n) is 5.65. The van der Waals surface area contributed by atoms with Crippen molar-refractivity contribution in [2.24, 2.45) is 0 Å². The molecule has 3 heteroatoms. The van der Waals surface area contributed by atoms with Gasteiger partial charge in [-0.3, -0.25) is 4.79 Å². The van der Waals surface area contributed by atoms with Crippen LogP contribution < -0.4 is 0 Å². The molecule has 1 N–H and O–H groups in total. The summed E-state index contributed by atoms with van der Waals surface area (Å²) in [5, 5.41) is 0. The molecular formula is C7H8ClNO. The number of carbonyl (C=O) groups is 1. The lowest BCUT2D eigenvalue weighted by Gasteiger charge is -1.88. The lowest BCUT2D eigenvalue weighted by Crippen LogP contribution is -1.99. The third kappa shape index (κ3) is 1.39. The highest BCUT2D eigenvalue weighted by Crippen LogP contribution is 2.01. The number of H-pyrrole nitrogens is 1. The molecule has 1 heterocycles. The van der Waals surface area contributed by atoms with Gasteiger partial charge in [0, 0.05) is 5.69 Å². The number of hydrogen-bond donors (Lipinski definition) is 1. The van der Waals surface area contributed by atoms with Gasteiger partial charge in [-0.05, 0) is 19.1 Å². The van der Waals surface area contributed by atoms with E-state index in [1.807, 2.05) is 13.0 Å². The van der Waals surface area contributed by atoms with Crippen LogP contribution in [0.2, 0.25) is 0 Å². The van der Waals surface area contributed by atoms with E-state index in [9.17, 15) is 4.79 Å². The Bertz CT molecular complexity index is 242. The molecule has 54 valence electrons. The van der Waals surface area contributed by atoms with E-state index in [2.05, 4.69) is 4.98 Å². The molecule has 1 aromatic heterocycles. The predicted octanol–water partition coefficient (Wildman–Crippen LogP) is 1.74.